The van der Waals surface area contributed by atoms with Gasteiger partial charge in [0.2, 0.25) is 15.9 Å². The molecule has 1 fully saturated rings. The lowest BCUT2D eigenvalue weighted by molar-refractivity contribution is -0.122. The minimum absolute atomic E-state index is 0.173. The molecule has 0 radical (unpaired) electrons. The Bertz CT molecular complexity index is 730. The van der Waals surface area contributed by atoms with Crippen molar-refractivity contribution < 1.29 is 17.9 Å². The van der Waals surface area contributed by atoms with E-state index < -0.39 is 10.0 Å². The molecular weight excluding hydrogens is 340 g/mol. The van der Waals surface area contributed by atoms with Crippen molar-refractivity contribution in [1.29, 1.82) is 0 Å². The fourth-order valence-corrected chi connectivity index (χ4v) is 4.60. The summed E-state index contributed by atoms with van der Waals surface area (Å²) >= 11 is 0. The van der Waals surface area contributed by atoms with Crippen LogP contribution in [0.25, 0.3) is 0 Å². The molecule has 25 heavy (non-hydrogen) atoms. The summed E-state index contributed by atoms with van der Waals surface area (Å²) in [5.74, 6) is -0.243. The third-order valence-corrected chi connectivity index (χ3v) is 6.50. The van der Waals surface area contributed by atoms with E-state index in [2.05, 4.69) is 0 Å². The lowest BCUT2D eigenvalue weighted by Gasteiger charge is -2.30. The van der Waals surface area contributed by atoms with Crippen LogP contribution in [-0.2, 0) is 20.2 Å². The predicted molar refractivity (Wildman–Crippen MR) is 97.0 cm³/mol. The van der Waals surface area contributed by atoms with Gasteiger partial charge in [-0.2, -0.15) is 4.31 Å². The van der Waals surface area contributed by atoms with Gasteiger partial charge >= 0.3 is 0 Å². The number of carbonyl (C=O) groups excluding carboxylic acids is 1. The van der Waals surface area contributed by atoms with Crippen molar-refractivity contribution >= 4 is 15.9 Å². The van der Waals surface area contributed by atoms with Gasteiger partial charge in [-0.25, -0.2) is 8.42 Å². The molecule has 7 heteroatoms. The second-order valence-corrected chi connectivity index (χ2v) is 9.33. The molecule has 1 aromatic rings. The number of carbonyl (C=O) groups is 1. The minimum Gasteiger partial charge on any atom is -0.492 e. The number of rotatable bonds is 5. The molecule has 2 rings (SSSR count). The Hall–Kier alpha value is -1.60. The summed E-state index contributed by atoms with van der Waals surface area (Å²) in [6.07, 6.45) is 0.912. The monoisotopic (exact) mass is 368 g/mol. The SMILES string of the molecule is CCOc1ccc(C(C)(C)C)cc1S(=O)(=O)N1CCC(C(N)=O)CC1. The Labute approximate surface area is 150 Å². The van der Waals surface area contributed by atoms with Crippen LogP contribution in [0.5, 0.6) is 5.75 Å². The van der Waals surface area contributed by atoms with Crippen LogP contribution >= 0.6 is 0 Å². The van der Waals surface area contributed by atoms with Crippen molar-refractivity contribution in [2.24, 2.45) is 11.7 Å². The standard InChI is InChI=1S/C18H28N2O4S/c1-5-24-15-7-6-14(18(2,3)4)12-16(15)25(22,23)20-10-8-13(9-11-20)17(19)21/h6-7,12-13H,5,8-11H2,1-4H3,(H2,19,21). The smallest absolute Gasteiger partial charge is 0.246 e. The number of primary amides is 1. The molecule has 0 unspecified atom stereocenters. The lowest BCUT2D eigenvalue weighted by Crippen LogP contribution is -2.41. The van der Waals surface area contributed by atoms with Crippen molar-refractivity contribution in [3.8, 4) is 5.75 Å². The highest BCUT2D eigenvalue weighted by Gasteiger charge is 2.33. The Kier molecular flexibility index (Phi) is 5.79. The number of hydrogen-bond donors (Lipinski definition) is 1. The van der Waals surface area contributed by atoms with Gasteiger partial charge in [-0.05, 0) is 42.9 Å². The van der Waals surface area contributed by atoms with Gasteiger partial charge in [-0.15, -0.1) is 0 Å². The van der Waals surface area contributed by atoms with Gasteiger partial charge in [0.15, 0.2) is 0 Å². The highest BCUT2D eigenvalue weighted by Crippen LogP contribution is 2.34. The first-order valence-corrected chi connectivity index (χ1v) is 10.1. The van der Waals surface area contributed by atoms with Crippen molar-refractivity contribution in [3.63, 3.8) is 0 Å². The summed E-state index contributed by atoms with van der Waals surface area (Å²) in [7, 11) is -3.69. The van der Waals surface area contributed by atoms with Crippen LogP contribution in [0.2, 0.25) is 0 Å². The zero-order valence-corrected chi connectivity index (χ0v) is 16.2. The van der Waals surface area contributed by atoms with Gasteiger partial charge < -0.3 is 10.5 Å². The summed E-state index contributed by atoms with van der Waals surface area (Å²) in [5, 5.41) is 0. The van der Waals surface area contributed by atoms with Gasteiger partial charge in [0.05, 0.1) is 6.61 Å². The van der Waals surface area contributed by atoms with Gasteiger partial charge in [0.25, 0.3) is 0 Å². The van der Waals surface area contributed by atoms with Crippen LogP contribution in [-0.4, -0.2) is 38.3 Å². The average Bonchev–Trinajstić information content (AvgIpc) is 2.54. The summed E-state index contributed by atoms with van der Waals surface area (Å²) in [6, 6.07) is 5.34. The molecule has 1 heterocycles. The number of nitrogens with two attached hydrogens (primary N) is 1. The zero-order chi connectivity index (χ0) is 18.8. The van der Waals surface area contributed by atoms with E-state index in [1.807, 2.05) is 33.8 Å². The number of benzene rings is 1. The van der Waals surface area contributed by atoms with E-state index >= 15 is 0 Å². The van der Waals surface area contributed by atoms with E-state index in [0.29, 0.717) is 38.3 Å². The van der Waals surface area contributed by atoms with E-state index in [4.69, 9.17) is 10.5 Å². The molecule has 1 aliphatic heterocycles. The van der Waals surface area contributed by atoms with Gasteiger partial charge in [0, 0.05) is 19.0 Å². The maximum atomic E-state index is 13.2. The largest absolute Gasteiger partial charge is 0.492 e. The molecule has 0 atom stereocenters. The molecule has 6 nitrogen and oxygen atoms in total. The molecule has 2 N–H and O–H groups in total. The number of piperidine rings is 1. The highest BCUT2D eigenvalue weighted by molar-refractivity contribution is 7.89. The van der Waals surface area contributed by atoms with Crippen molar-refractivity contribution in [3.05, 3.63) is 23.8 Å². The second-order valence-electron chi connectivity index (χ2n) is 7.43. The maximum absolute atomic E-state index is 13.2. The Morgan fingerprint density at radius 2 is 1.88 bits per heavy atom. The molecule has 1 amide bonds. The fraction of sp³-hybridized carbons (Fsp3) is 0.611. The van der Waals surface area contributed by atoms with Crippen molar-refractivity contribution in [2.45, 2.75) is 50.8 Å². The number of ether oxygens (including phenoxy) is 1. The van der Waals surface area contributed by atoms with E-state index in [1.54, 1.807) is 12.1 Å². The molecule has 1 aromatic carbocycles. The molecular formula is C18H28N2O4S. The average molecular weight is 368 g/mol. The van der Waals surface area contributed by atoms with Crippen molar-refractivity contribution in [2.75, 3.05) is 19.7 Å². The predicted octanol–water partition coefficient (Wildman–Crippen LogP) is 2.27. The Balaban J connectivity index is 2.39. The number of sulfonamides is 1. The quantitative estimate of drug-likeness (QED) is 0.863. The lowest BCUT2D eigenvalue weighted by atomic mass is 9.87. The third-order valence-electron chi connectivity index (χ3n) is 4.58. The molecule has 1 saturated heterocycles. The summed E-state index contributed by atoms with van der Waals surface area (Å²) in [4.78, 5) is 11.5. The maximum Gasteiger partial charge on any atom is 0.246 e. The molecule has 1 aliphatic rings. The van der Waals surface area contributed by atoms with Crippen molar-refractivity contribution in [1.82, 2.24) is 4.31 Å². The van der Waals surface area contributed by atoms with Crippen LogP contribution < -0.4 is 10.5 Å². The molecule has 0 aromatic heterocycles. The minimum atomic E-state index is -3.69. The molecule has 0 bridgehead atoms. The molecule has 0 saturated carbocycles. The number of nitrogens with zero attached hydrogens (tertiary/aromatic N) is 1. The van der Waals surface area contributed by atoms with E-state index in [-0.39, 0.29) is 22.1 Å². The third kappa shape index (κ3) is 4.33. The molecule has 0 aliphatic carbocycles. The molecule has 0 spiro atoms. The first-order valence-electron chi connectivity index (χ1n) is 8.64. The van der Waals surface area contributed by atoms with E-state index in [0.717, 1.165) is 5.56 Å². The van der Waals surface area contributed by atoms with Gasteiger partial charge in [-0.1, -0.05) is 26.8 Å². The number of amides is 1. The highest BCUT2D eigenvalue weighted by atomic mass is 32.2. The zero-order valence-electron chi connectivity index (χ0n) is 15.4. The summed E-state index contributed by atoms with van der Waals surface area (Å²) < 4.78 is 33.3. The summed E-state index contributed by atoms with van der Waals surface area (Å²) in [6.45, 7) is 8.92. The molecule has 140 valence electrons. The second kappa shape index (κ2) is 7.33. The van der Waals surface area contributed by atoms with Crippen LogP contribution in [0, 0.1) is 5.92 Å². The van der Waals surface area contributed by atoms with Crippen LogP contribution in [0.1, 0.15) is 46.1 Å². The van der Waals surface area contributed by atoms with Gasteiger partial charge in [0.1, 0.15) is 10.6 Å². The topological polar surface area (TPSA) is 89.7 Å². The number of hydrogen-bond acceptors (Lipinski definition) is 4. The first kappa shape index (κ1) is 19.7. The summed E-state index contributed by atoms with van der Waals surface area (Å²) in [5.41, 5.74) is 6.10. The Morgan fingerprint density at radius 1 is 1.28 bits per heavy atom. The van der Waals surface area contributed by atoms with Crippen LogP contribution in [0.3, 0.4) is 0 Å². The Morgan fingerprint density at radius 3 is 2.36 bits per heavy atom. The van der Waals surface area contributed by atoms with Gasteiger partial charge in [-0.3, -0.25) is 4.79 Å². The van der Waals surface area contributed by atoms with E-state index in [1.165, 1.54) is 4.31 Å². The normalized spacial score (nSPS) is 17.4. The fourth-order valence-electron chi connectivity index (χ4n) is 2.97. The first-order chi connectivity index (χ1) is 11.6. The van der Waals surface area contributed by atoms with E-state index in [9.17, 15) is 13.2 Å². The van der Waals surface area contributed by atoms with Crippen LogP contribution in [0.15, 0.2) is 23.1 Å². The van der Waals surface area contributed by atoms with Crippen LogP contribution in [0.4, 0.5) is 0 Å².